The summed E-state index contributed by atoms with van der Waals surface area (Å²) in [6.07, 6.45) is 0. The summed E-state index contributed by atoms with van der Waals surface area (Å²) in [6.45, 7) is 6.24. The molecule has 2 amide bonds. The fourth-order valence-electron chi connectivity index (χ4n) is 2.09. The van der Waals surface area contributed by atoms with E-state index in [1.54, 1.807) is 6.92 Å². The molecule has 0 bridgehead atoms. The smallest absolute Gasteiger partial charge is 0.324 e. The number of nitrogens with zero attached hydrogens (tertiary/aromatic N) is 1. The maximum Gasteiger partial charge on any atom is 0.324 e. The maximum atomic E-state index is 11.8. The highest BCUT2D eigenvalue weighted by atomic mass is 16.5. The Morgan fingerprint density at radius 1 is 1.29 bits per heavy atom. The molecule has 0 spiro atoms. The van der Waals surface area contributed by atoms with Gasteiger partial charge in [0.15, 0.2) is 0 Å². The second kappa shape index (κ2) is 9.30. The lowest BCUT2D eigenvalue weighted by Crippen LogP contribution is -2.57. The summed E-state index contributed by atoms with van der Waals surface area (Å²) in [4.78, 5) is 36.2. The van der Waals surface area contributed by atoms with E-state index >= 15 is 0 Å². The second-order valence-corrected chi connectivity index (χ2v) is 4.78. The summed E-state index contributed by atoms with van der Waals surface area (Å²) < 4.78 is 5.02. The van der Waals surface area contributed by atoms with Gasteiger partial charge in [-0.25, -0.2) is 0 Å². The van der Waals surface area contributed by atoms with Gasteiger partial charge in [-0.15, -0.1) is 0 Å². The third-order valence-electron chi connectivity index (χ3n) is 3.08. The molecule has 0 aliphatic carbocycles. The van der Waals surface area contributed by atoms with Crippen LogP contribution < -0.4 is 16.0 Å². The number of carbonyl (C=O) groups is 3. The van der Waals surface area contributed by atoms with Gasteiger partial charge in [-0.1, -0.05) is 0 Å². The summed E-state index contributed by atoms with van der Waals surface area (Å²) in [7, 11) is 0. The molecule has 3 N–H and O–H groups in total. The fraction of sp³-hybridized carbons (Fsp3) is 0.769. The summed E-state index contributed by atoms with van der Waals surface area (Å²) in [5.41, 5.74) is 0. The zero-order chi connectivity index (χ0) is 15.7. The number of nitrogens with one attached hydrogen (secondary N) is 3. The number of piperazine rings is 1. The van der Waals surface area contributed by atoms with E-state index < -0.39 is 6.04 Å². The van der Waals surface area contributed by atoms with Crippen molar-refractivity contribution in [1.29, 1.82) is 0 Å². The Kier molecular flexibility index (Phi) is 7.70. The van der Waals surface area contributed by atoms with Crippen molar-refractivity contribution >= 4 is 17.8 Å². The van der Waals surface area contributed by atoms with Crippen molar-refractivity contribution in [3.63, 3.8) is 0 Å². The van der Waals surface area contributed by atoms with E-state index in [0.717, 1.165) is 6.54 Å². The molecule has 1 unspecified atom stereocenters. The van der Waals surface area contributed by atoms with E-state index in [4.69, 9.17) is 4.74 Å². The molecule has 8 nitrogen and oxygen atoms in total. The summed E-state index contributed by atoms with van der Waals surface area (Å²) in [5.74, 6) is -0.610. The first-order valence-electron chi connectivity index (χ1n) is 7.17. The second-order valence-electron chi connectivity index (χ2n) is 4.78. The average Bonchev–Trinajstić information content (AvgIpc) is 2.44. The predicted octanol–water partition coefficient (Wildman–Crippen LogP) is -1.92. The number of carbonyl (C=O) groups excluding carboxylic acids is 3. The number of hydrogen-bond donors (Lipinski definition) is 3. The highest BCUT2D eigenvalue weighted by Crippen LogP contribution is 2.05. The van der Waals surface area contributed by atoms with Crippen molar-refractivity contribution in [2.45, 2.75) is 19.9 Å². The number of ether oxygens (including phenoxy) is 1. The van der Waals surface area contributed by atoms with Crippen LogP contribution in [0.2, 0.25) is 0 Å². The standard InChI is InChI=1S/C13H24N4O4/c1-3-21-13(20)11-8-14-6-7-17(11)9-12(19)16-5-4-15-10(2)18/h11,14H,3-9H2,1-2H3,(H,15,18)(H,16,19). The molecule has 0 aromatic heterocycles. The number of esters is 1. The lowest BCUT2D eigenvalue weighted by Gasteiger charge is -2.33. The molecular weight excluding hydrogens is 276 g/mol. The lowest BCUT2D eigenvalue weighted by atomic mass is 10.2. The Labute approximate surface area is 124 Å². The van der Waals surface area contributed by atoms with Crippen LogP contribution in [0.1, 0.15) is 13.8 Å². The SMILES string of the molecule is CCOC(=O)C1CNCCN1CC(=O)NCCNC(C)=O. The molecule has 1 saturated heterocycles. The Balaban J connectivity index is 2.37. The first-order valence-corrected chi connectivity index (χ1v) is 7.17. The van der Waals surface area contributed by atoms with E-state index in [9.17, 15) is 14.4 Å². The summed E-state index contributed by atoms with van der Waals surface area (Å²) in [5, 5.41) is 8.43. The first-order chi connectivity index (χ1) is 10.0. The molecule has 1 aliphatic rings. The molecule has 1 heterocycles. The van der Waals surface area contributed by atoms with Gasteiger partial charge >= 0.3 is 5.97 Å². The lowest BCUT2D eigenvalue weighted by molar-refractivity contribution is -0.150. The molecule has 0 aromatic rings. The van der Waals surface area contributed by atoms with Crippen molar-refractivity contribution in [3.05, 3.63) is 0 Å². The minimum atomic E-state index is -0.431. The monoisotopic (exact) mass is 300 g/mol. The number of hydrogen-bond acceptors (Lipinski definition) is 6. The van der Waals surface area contributed by atoms with Crippen molar-refractivity contribution in [2.24, 2.45) is 0 Å². The minimum absolute atomic E-state index is 0.131. The molecule has 0 aromatic carbocycles. The highest BCUT2D eigenvalue weighted by Gasteiger charge is 2.30. The predicted molar refractivity (Wildman–Crippen MR) is 76.6 cm³/mol. The van der Waals surface area contributed by atoms with Gasteiger partial charge in [-0.3, -0.25) is 19.3 Å². The van der Waals surface area contributed by atoms with Crippen LogP contribution >= 0.6 is 0 Å². The zero-order valence-corrected chi connectivity index (χ0v) is 12.6. The third kappa shape index (κ3) is 6.54. The molecule has 1 rings (SSSR count). The molecule has 120 valence electrons. The van der Waals surface area contributed by atoms with Crippen molar-refractivity contribution in [3.8, 4) is 0 Å². The number of amides is 2. The Bertz CT molecular complexity index is 375. The van der Waals surface area contributed by atoms with Crippen LogP contribution in [0.3, 0.4) is 0 Å². The molecule has 1 atom stereocenters. The fourth-order valence-corrected chi connectivity index (χ4v) is 2.09. The van der Waals surface area contributed by atoms with Gasteiger partial charge in [0, 0.05) is 39.6 Å². The van der Waals surface area contributed by atoms with Gasteiger partial charge in [0.2, 0.25) is 11.8 Å². The van der Waals surface area contributed by atoms with E-state index in [1.807, 2.05) is 4.90 Å². The molecule has 8 heteroatoms. The molecule has 1 fully saturated rings. The maximum absolute atomic E-state index is 11.8. The Morgan fingerprint density at radius 2 is 2.00 bits per heavy atom. The van der Waals surface area contributed by atoms with Crippen LogP contribution in [0, 0.1) is 0 Å². The van der Waals surface area contributed by atoms with Crippen LogP contribution in [-0.2, 0) is 19.1 Å². The van der Waals surface area contributed by atoms with E-state index in [0.29, 0.717) is 32.8 Å². The largest absolute Gasteiger partial charge is 0.465 e. The van der Waals surface area contributed by atoms with Gasteiger partial charge in [0.25, 0.3) is 0 Å². The van der Waals surface area contributed by atoms with E-state index in [1.165, 1.54) is 6.92 Å². The molecular formula is C13H24N4O4. The number of rotatable bonds is 7. The zero-order valence-electron chi connectivity index (χ0n) is 12.6. The van der Waals surface area contributed by atoms with Gasteiger partial charge in [0.1, 0.15) is 6.04 Å². The Morgan fingerprint density at radius 3 is 2.67 bits per heavy atom. The van der Waals surface area contributed by atoms with Crippen LogP contribution in [0.4, 0.5) is 0 Å². The van der Waals surface area contributed by atoms with E-state index in [-0.39, 0.29) is 24.3 Å². The first kappa shape index (κ1) is 17.4. The average molecular weight is 300 g/mol. The normalized spacial score (nSPS) is 18.9. The van der Waals surface area contributed by atoms with Crippen molar-refractivity contribution in [1.82, 2.24) is 20.9 Å². The van der Waals surface area contributed by atoms with Gasteiger partial charge in [-0.2, -0.15) is 0 Å². The quantitative estimate of drug-likeness (QED) is 0.374. The highest BCUT2D eigenvalue weighted by molar-refractivity contribution is 5.81. The van der Waals surface area contributed by atoms with E-state index in [2.05, 4.69) is 16.0 Å². The van der Waals surface area contributed by atoms with Gasteiger partial charge in [-0.05, 0) is 6.92 Å². The molecule has 0 radical (unpaired) electrons. The third-order valence-corrected chi connectivity index (χ3v) is 3.08. The molecule has 0 saturated carbocycles. The van der Waals surface area contributed by atoms with Crippen LogP contribution in [0.25, 0.3) is 0 Å². The van der Waals surface area contributed by atoms with Crippen LogP contribution in [0.5, 0.6) is 0 Å². The van der Waals surface area contributed by atoms with Crippen molar-refractivity contribution in [2.75, 3.05) is 45.9 Å². The minimum Gasteiger partial charge on any atom is -0.465 e. The van der Waals surface area contributed by atoms with Crippen LogP contribution in [-0.4, -0.2) is 74.6 Å². The molecule has 1 aliphatic heterocycles. The Hall–Kier alpha value is -1.67. The van der Waals surface area contributed by atoms with Crippen LogP contribution in [0.15, 0.2) is 0 Å². The summed E-state index contributed by atoms with van der Waals surface area (Å²) in [6, 6.07) is -0.431. The van der Waals surface area contributed by atoms with Gasteiger partial charge < -0.3 is 20.7 Å². The van der Waals surface area contributed by atoms with Crippen molar-refractivity contribution < 1.29 is 19.1 Å². The molecule has 21 heavy (non-hydrogen) atoms. The topological polar surface area (TPSA) is 99.8 Å². The summed E-state index contributed by atoms with van der Waals surface area (Å²) >= 11 is 0. The van der Waals surface area contributed by atoms with Gasteiger partial charge in [0.05, 0.1) is 13.2 Å².